The Morgan fingerprint density at radius 2 is 1.92 bits per heavy atom. The van der Waals surface area contributed by atoms with E-state index in [1.54, 1.807) is 10.7 Å². The van der Waals surface area contributed by atoms with Crippen molar-refractivity contribution in [1.82, 2.24) is 14.8 Å². The van der Waals surface area contributed by atoms with Gasteiger partial charge in [-0.1, -0.05) is 41.4 Å². The highest BCUT2D eigenvalue weighted by molar-refractivity contribution is 6.31. The fraction of sp³-hybridized carbons (Fsp3) is 0.176. The van der Waals surface area contributed by atoms with Crippen LogP contribution in [0.5, 0.6) is 0 Å². The normalized spacial score (nSPS) is 19.6. The van der Waals surface area contributed by atoms with Gasteiger partial charge in [0.25, 0.3) is 0 Å². The van der Waals surface area contributed by atoms with Crippen molar-refractivity contribution in [2.45, 2.75) is 18.5 Å². The minimum atomic E-state index is -0.356. The van der Waals surface area contributed by atoms with Crippen LogP contribution in [-0.2, 0) is 0 Å². The molecule has 4 rings (SSSR count). The molecule has 0 saturated carbocycles. The Kier molecular flexibility index (Phi) is 3.90. The molecule has 0 saturated heterocycles. The average Bonchev–Trinajstić information content (AvgIpc) is 3.03. The van der Waals surface area contributed by atoms with Crippen LogP contribution < -0.4 is 5.32 Å². The maximum Gasteiger partial charge on any atom is 0.222 e. The van der Waals surface area contributed by atoms with E-state index in [0.717, 1.165) is 11.1 Å². The first-order chi connectivity index (χ1) is 11.6. The second-order valence-electron chi connectivity index (χ2n) is 5.69. The minimum Gasteiger partial charge on any atom is -0.348 e. The smallest absolute Gasteiger partial charge is 0.222 e. The number of nitrogens with one attached hydrogen (secondary N) is 1. The minimum absolute atomic E-state index is 0.0325. The standard InChI is InChI=1S/C17H13Cl2FN4/c18-11-3-1-10(2-4-11)15-8-16(24-17(23-15)21-9-22-24)13-6-5-12(20)7-14(13)19/h1-7,9,15-16H,8H2,(H,21,22,23)/t15-,16+/m1/s1. The van der Waals surface area contributed by atoms with Crippen LogP contribution in [0.1, 0.15) is 29.6 Å². The Hall–Kier alpha value is -2.11. The van der Waals surface area contributed by atoms with E-state index in [1.165, 1.54) is 18.5 Å². The third kappa shape index (κ3) is 2.74. The van der Waals surface area contributed by atoms with Crippen molar-refractivity contribution in [2.75, 3.05) is 5.32 Å². The quantitative estimate of drug-likeness (QED) is 0.706. The Bertz CT molecular complexity index is 879. The van der Waals surface area contributed by atoms with Gasteiger partial charge in [0.2, 0.25) is 5.95 Å². The van der Waals surface area contributed by atoms with Crippen molar-refractivity contribution in [3.05, 3.63) is 75.8 Å². The van der Waals surface area contributed by atoms with Crippen LogP contribution in [-0.4, -0.2) is 14.8 Å². The monoisotopic (exact) mass is 362 g/mol. The molecule has 1 aliphatic rings. The molecule has 4 nitrogen and oxygen atoms in total. The van der Waals surface area contributed by atoms with E-state index in [-0.39, 0.29) is 17.9 Å². The molecule has 3 aromatic rings. The number of benzene rings is 2. The van der Waals surface area contributed by atoms with Gasteiger partial charge in [0.15, 0.2) is 0 Å². The summed E-state index contributed by atoms with van der Waals surface area (Å²) in [6.45, 7) is 0. The predicted octanol–water partition coefficient (Wildman–Crippen LogP) is 4.87. The maximum atomic E-state index is 13.4. The second kappa shape index (κ2) is 6.07. The predicted molar refractivity (Wildman–Crippen MR) is 92.0 cm³/mol. The van der Waals surface area contributed by atoms with Crippen LogP contribution in [0.2, 0.25) is 10.0 Å². The van der Waals surface area contributed by atoms with Gasteiger partial charge in [-0.3, -0.25) is 0 Å². The zero-order chi connectivity index (χ0) is 16.7. The molecule has 2 atom stereocenters. The Morgan fingerprint density at radius 3 is 2.67 bits per heavy atom. The van der Waals surface area contributed by atoms with Crippen molar-refractivity contribution in [1.29, 1.82) is 0 Å². The van der Waals surface area contributed by atoms with Gasteiger partial charge in [-0.15, -0.1) is 0 Å². The van der Waals surface area contributed by atoms with Crippen LogP contribution in [0.4, 0.5) is 10.3 Å². The van der Waals surface area contributed by atoms with Crippen molar-refractivity contribution in [2.24, 2.45) is 0 Å². The third-order valence-corrected chi connectivity index (χ3v) is 4.80. The highest BCUT2D eigenvalue weighted by Gasteiger charge is 2.31. The first-order valence-corrected chi connectivity index (χ1v) is 8.24. The van der Waals surface area contributed by atoms with Gasteiger partial charge in [-0.25, -0.2) is 9.07 Å². The highest BCUT2D eigenvalue weighted by Crippen LogP contribution is 2.39. The van der Waals surface area contributed by atoms with Crippen molar-refractivity contribution in [3.63, 3.8) is 0 Å². The highest BCUT2D eigenvalue weighted by atomic mass is 35.5. The van der Waals surface area contributed by atoms with Gasteiger partial charge in [0, 0.05) is 10.0 Å². The largest absolute Gasteiger partial charge is 0.348 e. The first-order valence-electron chi connectivity index (χ1n) is 7.48. The summed E-state index contributed by atoms with van der Waals surface area (Å²) in [5.41, 5.74) is 1.92. The molecule has 2 aromatic carbocycles. The van der Waals surface area contributed by atoms with Crippen LogP contribution in [0, 0.1) is 5.82 Å². The molecule has 0 radical (unpaired) electrons. The molecular formula is C17H13Cl2FN4. The molecule has 0 fully saturated rings. The molecule has 122 valence electrons. The summed E-state index contributed by atoms with van der Waals surface area (Å²) in [5.74, 6) is 0.303. The molecule has 1 aliphatic heterocycles. The molecule has 0 spiro atoms. The van der Waals surface area contributed by atoms with Gasteiger partial charge >= 0.3 is 0 Å². The number of rotatable bonds is 2. The first kappa shape index (κ1) is 15.4. The topological polar surface area (TPSA) is 42.7 Å². The summed E-state index contributed by atoms with van der Waals surface area (Å²) in [6.07, 6.45) is 2.21. The zero-order valence-electron chi connectivity index (χ0n) is 12.5. The molecule has 24 heavy (non-hydrogen) atoms. The average molecular weight is 363 g/mol. The van der Waals surface area contributed by atoms with Gasteiger partial charge in [-0.05, 0) is 41.8 Å². The number of hydrogen-bond acceptors (Lipinski definition) is 3. The lowest BCUT2D eigenvalue weighted by molar-refractivity contribution is 0.430. The van der Waals surface area contributed by atoms with E-state index in [9.17, 15) is 4.39 Å². The van der Waals surface area contributed by atoms with Crippen LogP contribution in [0.15, 0.2) is 48.8 Å². The molecule has 1 aromatic heterocycles. The molecule has 0 unspecified atom stereocenters. The summed E-state index contributed by atoms with van der Waals surface area (Å²) in [7, 11) is 0. The molecule has 7 heteroatoms. The number of aromatic nitrogens is 3. The summed E-state index contributed by atoms with van der Waals surface area (Å²) < 4.78 is 15.2. The van der Waals surface area contributed by atoms with Crippen LogP contribution >= 0.6 is 23.2 Å². The van der Waals surface area contributed by atoms with Gasteiger partial charge in [0.05, 0.1) is 12.1 Å². The number of nitrogens with zero attached hydrogens (tertiary/aromatic N) is 3. The van der Waals surface area contributed by atoms with E-state index in [0.29, 0.717) is 22.4 Å². The molecular weight excluding hydrogens is 350 g/mol. The second-order valence-corrected chi connectivity index (χ2v) is 6.54. The molecule has 0 amide bonds. The molecule has 1 N–H and O–H groups in total. The third-order valence-electron chi connectivity index (χ3n) is 4.22. The molecule has 0 aliphatic carbocycles. The summed E-state index contributed by atoms with van der Waals surface area (Å²) in [4.78, 5) is 4.27. The van der Waals surface area contributed by atoms with E-state index in [1.807, 2.05) is 24.3 Å². The van der Waals surface area contributed by atoms with Gasteiger partial charge < -0.3 is 5.32 Å². The van der Waals surface area contributed by atoms with Crippen LogP contribution in [0.3, 0.4) is 0 Å². The van der Waals surface area contributed by atoms with E-state index in [4.69, 9.17) is 23.2 Å². The zero-order valence-corrected chi connectivity index (χ0v) is 14.0. The molecule has 2 heterocycles. The number of anilines is 1. The van der Waals surface area contributed by atoms with E-state index >= 15 is 0 Å². The number of fused-ring (bicyclic) bond motifs is 1. The summed E-state index contributed by atoms with van der Waals surface area (Å²) >= 11 is 12.2. The van der Waals surface area contributed by atoms with Crippen molar-refractivity contribution >= 4 is 29.2 Å². The lowest BCUT2D eigenvalue weighted by Gasteiger charge is -2.32. The van der Waals surface area contributed by atoms with Crippen LogP contribution in [0.25, 0.3) is 0 Å². The van der Waals surface area contributed by atoms with Gasteiger partial charge in [-0.2, -0.15) is 10.1 Å². The fourth-order valence-electron chi connectivity index (χ4n) is 3.06. The van der Waals surface area contributed by atoms with Crippen molar-refractivity contribution < 1.29 is 4.39 Å². The fourth-order valence-corrected chi connectivity index (χ4v) is 3.48. The summed E-state index contributed by atoms with van der Waals surface area (Å²) in [6, 6.07) is 12.0. The maximum absolute atomic E-state index is 13.4. The Morgan fingerprint density at radius 1 is 1.12 bits per heavy atom. The van der Waals surface area contributed by atoms with E-state index in [2.05, 4.69) is 15.4 Å². The van der Waals surface area contributed by atoms with Crippen molar-refractivity contribution in [3.8, 4) is 0 Å². The molecule has 0 bridgehead atoms. The Labute approximate surface area is 148 Å². The number of halogens is 3. The van der Waals surface area contributed by atoms with Gasteiger partial charge in [0.1, 0.15) is 12.1 Å². The summed E-state index contributed by atoms with van der Waals surface area (Å²) in [5, 5.41) is 8.74. The lowest BCUT2D eigenvalue weighted by Crippen LogP contribution is -2.28. The lowest BCUT2D eigenvalue weighted by atomic mass is 9.93. The number of hydrogen-bond donors (Lipinski definition) is 1. The Balaban J connectivity index is 1.75. The SMILES string of the molecule is Fc1ccc([C@@H]2C[C@H](c3ccc(Cl)cc3)Nc3ncnn32)c(Cl)c1. The van der Waals surface area contributed by atoms with E-state index < -0.39 is 0 Å².